The normalized spacial score (nSPS) is 14.1. The molecule has 1 aliphatic carbocycles. The first-order valence-corrected chi connectivity index (χ1v) is 8.52. The fourth-order valence-corrected chi connectivity index (χ4v) is 3.09. The molecule has 0 radical (unpaired) electrons. The molecular formula is C20H17FN2O3. The van der Waals surface area contributed by atoms with Crippen molar-refractivity contribution in [2.45, 2.75) is 32.3 Å². The van der Waals surface area contributed by atoms with E-state index in [4.69, 9.17) is 9.15 Å². The van der Waals surface area contributed by atoms with Crippen molar-refractivity contribution >= 4 is 5.97 Å². The van der Waals surface area contributed by atoms with E-state index >= 15 is 0 Å². The first kappa shape index (κ1) is 16.4. The lowest BCUT2D eigenvalue weighted by Crippen LogP contribution is -2.10. The van der Waals surface area contributed by atoms with E-state index in [1.54, 1.807) is 25.1 Å². The van der Waals surface area contributed by atoms with Gasteiger partial charge in [0.05, 0.1) is 5.56 Å². The third-order valence-corrected chi connectivity index (χ3v) is 4.50. The van der Waals surface area contributed by atoms with Gasteiger partial charge in [-0.2, -0.15) is 0 Å². The molecule has 0 spiro atoms. The second-order valence-corrected chi connectivity index (χ2v) is 6.34. The second-order valence-electron chi connectivity index (χ2n) is 6.34. The van der Waals surface area contributed by atoms with Gasteiger partial charge in [0.25, 0.3) is 5.89 Å². The summed E-state index contributed by atoms with van der Waals surface area (Å²) in [7, 11) is 0. The Kier molecular flexibility index (Phi) is 4.24. The monoisotopic (exact) mass is 352 g/mol. The van der Waals surface area contributed by atoms with Crippen LogP contribution in [0.5, 0.6) is 0 Å². The van der Waals surface area contributed by atoms with Crippen molar-refractivity contribution in [1.29, 1.82) is 0 Å². The van der Waals surface area contributed by atoms with Crippen LogP contribution in [0.1, 0.15) is 46.8 Å². The smallest absolute Gasteiger partial charge is 0.338 e. The summed E-state index contributed by atoms with van der Waals surface area (Å²) in [6.07, 6.45) is 2.50. The average Bonchev–Trinajstić information content (AvgIpc) is 3.31. The zero-order valence-electron chi connectivity index (χ0n) is 14.2. The van der Waals surface area contributed by atoms with E-state index in [-0.39, 0.29) is 17.6 Å². The number of carbonyl (C=O) groups excluding carboxylic acids is 1. The van der Waals surface area contributed by atoms with Crippen molar-refractivity contribution in [3.8, 4) is 11.5 Å². The Bertz CT molecular complexity index is 950. The predicted molar refractivity (Wildman–Crippen MR) is 92.0 cm³/mol. The molecule has 1 atom stereocenters. The van der Waals surface area contributed by atoms with Crippen LogP contribution in [0.4, 0.5) is 4.39 Å². The Morgan fingerprint density at radius 3 is 2.69 bits per heavy atom. The molecule has 2 aromatic carbocycles. The van der Waals surface area contributed by atoms with Gasteiger partial charge in [-0.25, -0.2) is 9.18 Å². The zero-order chi connectivity index (χ0) is 18.1. The maximum absolute atomic E-state index is 13.0. The van der Waals surface area contributed by atoms with Gasteiger partial charge in [0.1, 0.15) is 5.82 Å². The Balaban J connectivity index is 1.47. The van der Waals surface area contributed by atoms with E-state index in [1.165, 1.54) is 23.3 Å². The number of aryl methyl sites for hydroxylation is 2. The fraction of sp³-hybridized carbons (Fsp3) is 0.250. The van der Waals surface area contributed by atoms with E-state index in [0.29, 0.717) is 11.1 Å². The number of hydrogen-bond acceptors (Lipinski definition) is 5. The van der Waals surface area contributed by atoms with Gasteiger partial charge in [-0.3, -0.25) is 0 Å². The molecule has 1 aromatic heterocycles. The summed E-state index contributed by atoms with van der Waals surface area (Å²) in [6, 6.07) is 11.4. The van der Waals surface area contributed by atoms with Crippen LogP contribution in [-0.4, -0.2) is 16.2 Å². The molecule has 3 aromatic rings. The van der Waals surface area contributed by atoms with Crippen LogP contribution in [0, 0.1) is 5.82 Å². The third kappa shape index (κ3) is 3.22. The highest BCUT2D eigenvalue weighted by molar-refractivity contribution is 5.90. The van der Waals surface area contributed by atoms with Crippen LogP contribution < -0.4 is 0 Å². The number of carbonyl (C=O) groups is 1. The quantitative estimate of drug-likeness (QED) is 0.656. The molecule has 0 aliphatic heterocycles. The molecule has 0 fully saturated rings. The number of halogens is 1. The second kappa shape index (κ2) is 6.71. The number of esters is 1. The van der Waals surface area contributed by atoms with Crippen LogP contribution >= 0.6 is 0 Å². The summed E-state index contributed by atoms with van der Waals surface area (Å²) in [6.45, 7) is 1.67. The minimum absolute atomic E-state index is 0.193. The van der Waals surface area contributed by atoms with E-state index in [2.05, 4.69) is 10.2 Å². The van der Waals surface area contributed by atoms with Crippen LogP contribution in [0.2, 0.25) is 0 Å². The van der Waals surface area contributed by atoms with Gasteiger partial charge in [0.2, 0.25) is 5.89 Å². The summed E-state index contributed by atoms with van der Waals surface area (Å²) >= 11 is 0. The molecule has 4 rings (SSSR count). The van der Waals surface area contributed by atoms with Gasteiger partial charge in [-0.1, -0.05) is 6.07 Å². The van der Waals surface area contributed by atoms with Gasteiger partial charge in [-0.05, 0) is 73.7 Å². The fourth-order valence-electron chi connectivity index (χ4n) is 3.09. The van der Waals surface area contributed by atoms with Gasteiger partial charge in [0, 0.05) is 5.56 Å². The van der Waals surface area contributed by atoms with Crippen LogP contribution in [0.15, 0.2) is 46.9 Å². The Hall–Kier alpha value is -3.02. The van der Waals surface area contributed by atoms with Crippen LogP contribution in [0.3, 0.4) is 0 Å². The number of hydrogen-bond donors (Lipinski definition) is 0. The molecule has 6 heteroatoms. The minimum Gasteiger partial charge on any atom is -0.449 e. The maximum Gasteiger partial charge on any atom is 0.338 e. The molecule has 0 saturated heterocycles. The molecule has 0 N–H and O–H groups in total. The molecule has 5 nitrogen and oxygen atoms in total. The number of benzene rings is 2. The van der Waals surface area contributed by atoms with E-state index in [0.717, 1.165) is 19.3 Å². The van der Waals surface area contributed by atoms with Gasteiger partial charge in [0.15, 0.2) is 6.10 Å². The summed E-state index contributed by atoms with van der Waals surface area (Å²) in [5.41, 5.74) is 3.64. The maximum atomic E-state index is 13.0. The summed E-state index contributed by atoms with van der Waals surface area (Å²) in [4.78, 5) is 12.4. The number of ether oxygens (including phenoxy) is 1. The SMILES string of the molecule is C[C@H](OC(=O)c1ccc2c(c1)CCC2)c1nnc(-c2ccc(F)cc2)o1. The minimum atomic E-state index is -0.683. The zero-order valence-corrected chi connectivity index (χ0v) is 14.2. The molecule has 0 bridgehead atoms. The largest absolute Gasteiger partial charge is 0.449 e. The first-order valence-electron chi connectivity index (χ1n) is 8.52. The lowest BCUT2D eigenvalue weighted by Gasteiger charge is -2.10. The highest BCUT2D eigenvalue weighted by atomic mass is 19.1. The molecule has 0 amide bonds. The van der Waals surface area contributed by atoms with Crippen molar-refractivity contribution in [3.63, 3.8) is 0 Å². The van der Waals surface area contributed by atoms with Gasteiger partial charge in [-0.15, -0.1) is 10.2 Å². The van der Waals surface area contributed by atoms with E-state index in [9.17, 15) is 9.18 Å². The number of nitrogens with zero attached hydrogens (tertiary/aromatic N) is 2. The molecule has 1 heterocycles. The number of fused-ring (bicyclic) bond motifs is 1. The lowest BCUT2D eigenvalue weighted by atomic mass is 10.1. The van der Waals surface area contributed by atoms with Crippen molar-refractivity contribution in [1.82, 2.24) is 10.2 Å². The van der Waals surface area contributed by atoms with Gasteiger partial charge < -0.3 is 9.15 Å². The van der Waals surface area contributed by atoms with Crippen molar-refractivity contribution in [2.24, 2.45) is 0 Å². The van der Waals surface area contributed by atoms with Crippen molar-refractivity contribution < 1.29 is 18.3 Å². The first-order chi connectivity index (χ1) is 12.6. The Morgan fingerprint density at radius 2 is 1.88 bits per heavy atom. The summed E-state index contributed by atoms with van der Waals surface area (Å²) < 4.78 is 24.0. The highest BCUT2D eigenvalue weighted by Crippen LogP contribution is 2.26. The molecule has 26 heavy (non-hydrogen) atoms. The Morgan fingerprint density at radius 1 is 1.12 bits per heavy atom. The van der Waals surface area contributed by atoms with Crippen LogP contribution in [0.25, 0.3) is 11.5 Å². The topological polar surface area (TPSA) is 65.2 Å². The third-order valence-electron chi connectivity index (χ3n) is 4.50. The van der Waals surface area contributed by atoms with Crippen LogP contribution in [-0.2, 0) is 17.6 Å². The van der Waals surface area contributed by atoms with Crippen molar-refractivity contribution in [3.05, 3.63) is 70.9 Å². The van der Waals surface area contributed by atoms with E-state index < -0.39 is 12.1 Å². The molecular weight excluding hydrogens is 335 g/mol. The lowest BCUT2D eigenvalue weighted by molar-refractivity contribution is 0.0280. The van der Waals surface area contributed by atoms with E-state index in [1.807, 2.05) is 12.1 Å². The summed E-state index contributed by atoms with van der Waals surface area (Å²) in [5, 5.41) is 7.87. The predicted octanol–water partition coefficient (Wildman–Crippen LogP) is 4.28. The molecule has 132 valence electrons. The number of rotatable bonds is 4. The highest BCUT2D eigenvalue weighted by Gasteiger charge is 2.21. The summed E-state index contributed by atoms with van der Waals surface area (Å²) in [5.74, 6) is -0.321. The van der Waals surface area contributed by atoms with Crippen molar-refractivity contribution in [2.75, 3.05) is 0 Å². The Labute approximate surface area is 149 Å². The number of aromatic nitrogens is 2. The average molecular weight is 352 g/mol. The standard InChI is InChI=1S/C20H17FN2O3/c1-12(18-22-23-19(26-18)14-7-9-17(21)10-8-14)25-20(24)16-6-5-13-3-2-4-15(13)11-16/h5-12H,2-4H2,1H3/t12-/m0/s1. The molecule has 0 unspecified atom stereocenters. The molecule has 1 aliphatic rings. The molecule has 0 saturated carbocycles. The van der Waals surface area contributed by atoms with Gasteiger partial charge >= 0.3 is 5.97 Å².